The highest BCUT2D eigenvalue weighted by Crippen LogP contribution is 2.35. The minimum absolute atomic E-state index is 0.270. The molecule has 116 valence electrons. The molecule has 1 aromatic rings. The number of hydrogen-bond donors (Lipinski definition) is 0. The maximum absolute atomic E-state index is 6.16. The fourth-order valence-electron chi connectivity index (χ4n) is 3.27. The van der Waals surface area contributed by atoms with Gasteiger partial charge in [0.2, 0.25) is 5.88 Å². The fraction of sp³-hybridized carbons (Fsp3) is 0.556. The van der Waals surface area contributed by atoms with E-state index in [2.05, 4.69) is 23.2 Å². The molecule has 2 heterocycles. The van der Waals surface area contributed by atoms with Gasteiger partial charge in [0, 0.05) is 49.9 Å². The number of aliphatic imine (C=N–C) groups is 1. The predicted octanol–water partition coefficient (Wildman–Crippen LogP) is 3.29. The normalized spacial score (nSPS) is 29.9. The number of pyridine rings is 1. The van der Waals surface area contributed by atoms with Crippen LogP contribution in [0.4, 0.5) is 0 Å². The average Bonchev–Trinajstić information content (AvgIpc) is 2.49. The molecule has 1 aliphatic heterocycles. The second kappa shape index (κ2) is 6.21. The van der Waals surface area contributed by atoms with Crippen molar-refractivity contribution in [3.05, 3.63) is 36.0 Å². The Morgan fingerprint density at radius 1 is 1.23 bits per heavy atom. The van der Waals surface area contributed by atoms with Gasteiger partial charge in [-0.3, -0.25) is 4.99 Å². The van der Waals surface area contributed by atoms with Crippen LogP contribution in [0.1, 0.15) is 43.6 Å². The molecule has 2 fully saturated rings. The van der Waals surface area contributed by atoms with E-state index in [1.54, 1.807) is 0 Å². The largest absolute Gasteiger partial charge is 0.474 e. The Morgan fingerprint density at radius 2 is 2.05 bits per heavy atom. The van der Waals surface area contributed by atoms with Crippen LogP contribution in [-0.4, -0.2) is 36.1 Å². The Bertz CT molecular complexity index is 585. The molecule has 0 unspecified atom stereocenters. The molecule has 4 heteroatoms. The van der Waals surface area contributed by atoms with Gasteiger partial charge in [0.1, 0.15) is 6.10 Å². The Kier molecular flexibility index (Phi) is 3.94. The van der Waals surface area contributed by atoms with Crippen molar-refractivity contribution in [1.82, 2.24) is 4.98 Å². The van der Waals surface area contributed by atoms with Crippen molar-refractivity contribution in [2.45, 2.75) is 50.2 Å². The number of allylic oxidation sites excluding steroid dienone is 2. The van der Waals surface area contributed by atoms with Crippen molar-refractivity contribution in [3.8, 4) is 5.88 Å². The van der Waals surface area contributed by atoms with Crippen molar-refractivity contribution in [3.63, 3.8) is 0 Å². The molecule has 0 atom stereocenters. The molecule has 0 N–H and O–H groups in total. The topological polar surface area (TPSA) is 43.7 Å². The number of rotatable bonds is 4. The summed E-state index contributed by atoms with van der Waals surface area (Å²) in [5.74, 6) is 1.35. The summed E-state index contributed by atoms with van der Waals surface area (Å²) in [5, 5.41) is 0. The van der Waals surface area contributed by atoms with Gasteiger partial charge in [-0.25, -0.2) is 4.98 Å². The maximum Gasteiger partial charge on any atom is 0.217 e. The van der Waals surface area contributed by atoms with Gasteiger partial charge in [-0.1, -0.05) is 12.1 Å². The average molecular weight is 298 g/mol. The van der Waals surface area contributed by atoms with Crippen LogP contribution in [0, 0.1) is 0 Å². The molecule has 1 saturated heterocycles. The van der Waals surface area contributed by atoms with Gasteiger partial charge in [0.05, 0.1) is 6.04 Å². The Balaban J connectivity index is 1.38. The minimum atomic E-state index is 0.270. The van der Waals surface area contributed by atoms with E-state index in [1.165, 1.54) is 11.3 Å². The first-order valence-corrected chi connectivity index (χ1v) is 8.31. The molecule has 1 saturated carbocycles. The Morgan fingerprint density at radius 3 is 2.77 bits per heavy atom. The van der Waals surface area contributed by atoms with E-state index in [1.807, 2.05) is 12.3 Å². The van der Waals surface area contributed by atoms with E-state index in [-0.39, 0.29) is 6.10 Å². The SMILES string of the molecule is C1=CC(=NC2CC(Oc3ncccc3C3CCOCC3)C2)C1. The summed E-state index contributed by atoms with van der Waals surface area (Å²) in [4.78, 5) is 9.18. The summed E-state index contributed by atoms with van der Waals surface area (Å²) in [6.07, 6.45) is 11.6. The van der Waals surface area contributed by atoms with Gasteiger partial charge in [0.25, 0.3) is 0 Å². The lowest BCUT2D eigenvalue weighted by atomic mass is 9.88. The van der Waals surface area contributed by atoms with Crippen molar-refractivity contribution >= 4 is 5.71 Å². The summed E-state index contributed by atoms with van der Waals surface area (Å²) < 4.78 is 11.6. The number of aromatic nitrogens is 1. The summed E-state index contributed by atoms with van der Waals surface area (Å²) in [7, 11) is 0. The van der Waals surface area contributed by atoms with E-state index in [4.69, 9.17) is 14.5 Å². The van der Waals surface area contributed by atoms with E-state index in [0.717, 1.165) is 51.2 Å². The second-order valence-electron chi connectivity index (χ2n) is 6.38. The molecular formula is C18H22N2O2. The fourth-order valence-corrected chi connectivity index (χ4v) is 3.27. The van der Waals surface area contributed by atoms with Crippen LogP contribution in [0.5, 0.6) is 5.88 Å². The van der Waals surface area contributed by atoms with Gasteiger partial charge in [-0.05, 0) is 30.9 Å². The molecule has 0 spiro atoms. The lowest BCUT2D eigenvalue weighted by molar-refractivity contribution is 0.0780. The zero-order valence-electron chi connectivity index (χ0n) is 12.8. The molecule has 1 aromatic heterocycles. The molecule has 0 aromatic carbocycles. The number of nitrogens with zero attached hydrogens (tertiary/aromatic N) is 2. The molecule has 22 heavy (non-hydrogen) atoms. The van der Waals surface area contributed by atoms with Crippen LogP contribution >= 0.6 is 0 Å². The molecule has 4 rings (SSSR count). The zero-order valence-corrected chi connectivity index (χ0v) is 12.8. The van der Waals surface area contributed by atoms with Crippen LogP contribution < -0.4 is 4.74 Å². The molecule has 3 aliphatic rings. The quantitative estimate of drug-likeness (QED) is 0.856. The zero-order chi connectivity index (χ0) is 14.8. The highest BCUT2D eigenvalue weighted by atomic mass is 16.5. The van der Waals surface area contributed by atoms with E-state index in [9.17, 15) is 0 Å². The molecular weight excluding hydrogens is 276 g/mol. The first kappa shape index (κ1) is 13.9. The van der Waals surface area contributed by atoms with Crippen molar-refractivity contribution in [2.24, 2.45) is 4.99 Å². The number of hydrogen-bond acceptors (Lipinski definition) is 4. The third kappa shape index (κ3) is 2.93. The summed E-state index contributed by atoms with van der Waals surface area (Å²) in [6.45, 7) is 1.69. The molecule has 2 aliphatic carbocycles. The number of ether oxygens (including phenoxy) is 2. The van der Waals surface area contributed by atoms with Gasteiger partial charge < -0.3 is 9.47 Å². The van der Waals surface area contributed by atoms with Crippen LogP contribution in [0.15, 0.2) is 35.5 Å². The monoisotopic (exact) mass is 298 g/mol. The lowest BCUT2D eigenvalue weighted by Gasteiger charge is -2.34. The van der Waals surface area contributed by atoms with Crippen molar-refractivity contribution in [1.29, 1.82) is 0 Å². The standard InChI is InChI=1S/C18H22N2O2/c1-3-14(4-1)20-15-11-16(12-15)22-18-17(5-2-8-19-18)13-6-9-21-10-7-13/h1-3,5,8,13,15-16H,4,6-7,9-12H2. The van der Waals surface area contributed by atoms with E-state index in [0.29, 0.717) is 12.0 Å². The predicted molar refractivity (Wildman–Crippen MR) is 85.7 cm³/mol. The smallest absolute Gasteiger partial charge is 0.217 e. The van der Waals surface area contributed by atoms with Gasteiger partial charge in [-0.2, -0.15) is 0 Å². The highest BCUT2D eigenvalue weighted by molar-refractivity contribution is 6.01. The van der Waals surface area contributed by atoms with E-state index >= 15 is 0 Å². The van der Waals surface area contributed by atoms with E-state index < -0.39 is 0 Å². The third-order valence-electron chi connectivity index (χ3n) is 4.80. The first-order valence-electron chi connectivity index (χ1n) is 8.31. The highest BCUT2D eigenvalue weighted by Gasteiger charge is 2.32. The van der Waals surface area contributed by atoms with Gasteiger partial charge >= 0.3 is 0 Å². The van der Waals surface area contributed by atoms with Crippen molar-refractivity contribution in [2.75, 3.05) is 13.2 Å². The summed E-state index contributed by atoms with van der Waals surface area (Å²) in [5.41, 5.74) is 2.49. The lowest BCUT2D eigenvalue weighted by Crippen LogP contribution is -2.38. The maximum atomic E-state index is 6.16. The van der Waals surface area contributed by atoms with Gasteiger partial charge in [-0.15, -0.1) is 0 Å². The van der Waals surface area contributed by atoms with Crippen LogP contribution in [0.3, 0.4) is 0 Å². The second-order valence-corrected chi connectivity index (χ2v) is 6.38. The molecule has 0 bridgehead atoms. The Hall–Kier alpha value is -1.68. The molecule has 0 radical (unpaired) electrons. The molecule has 4 nitrogen and oxygen atoms in total. The van der Waals surface area contributed by atoms with Crippen molar-refractivity contribution < 1.29 is 9.47 Å². The van der Waals surface area contributed by atoms with Gasteiger partial charge in [0.15, 0.2) is 0 Å². The van der Waals surface area contributed by atoms with Crippen LogP contribution in [-0.2, 0) is 4.74 Å². The Labute approximate surface area is 131 Å². The van der Waals surface area contributed by atoms with Crippen LogP contribution in [0.25, 0.3) is 0 Å². The minimum Gasteiger partial charge on any atom is -0.474 e. The van der Waals surface area contributed by atoms with Crippen LogP contribution in [0.2, 0.25) is 0 Å². The summed E-state index contributed by atoms with van der Waals surface area (Å²) >= 11 is 0. The molecule has 0 amide bonds. The third-order valence-corrected chi connectivity index (χ3v) is 4.80. The summed E-state index contributed by atoms with van der Waals surface area (Å²) in [6, 6.07) is 4.62. The first-order chi connectivity index (χ1) is 10.9.